The highest BCUT2D eigenvalue weighted by Crippen LogP contribution is 2.26. The van der Waals surface area contributed by atoms with Crippen molar-refractivity contribution in [3.8, 4) is 0 Å². The molecule has 0 radical (unpaired) electrons. The van der Waals surface area contributed by atoms with Crippen LogP contribution in [-0.2, 0) is 22.7 Å². The highest BCUT2D eigenvalue weighted by molar-refractivity contribution is 7.99. The third kappa shape index (κ3) is 2.21. The van der Waals surface area contributed by atoms with Gasteiger partial charge in [-0.15, -0.1) is 11.8 Å². The summed E-state index contributed by atoms with van der Waals surface area (Å²) in [5.41, 5.74) is 2.66. The smallest absolute Gasteiger partial charge is 0.327 e. The first-order chi connectivity index (χ1) is 9.16. The van der Waals surface area contributed by atoms with Gasteiger partial charge >= 0.3 is 5.97 Å². The average molecular weight is 279 g/mol. The lowest BCUT2D eigenvalue weighted by Gasteiger charge is -2.20. The molecule has 0 unspecified atom stereocenters. The molecule has 2 heterocycles. The van der Waals surface area contributed by atoms with Crippen LogP contribution in [0, 0.1) is 0 Å². The van der Waals surface area contributed by atoms with E-state index in [0.717, 1.165) is 11.1 Å². The van der Waals surface area contributed by atoms with E-state index in [0.29, 0.717) is 30.4 Å². The molecule has 0 bridgehead atoms. The third-order valence-electron chi connectivity index (χ3n) is 3.40. The van der Waals surface area contributed by atoms with Crippen molar-refractivity contribution in [2.45, 2.75) is 19.3 Å². The molecule has 6 heteroatoms. The molecule has 2 aliphatic heterocycles. The normalized spacial score (nSPS) is 21.5. The van der Waals surface area contributed by atoms with Gasteiger partial charge in [-0.3, -0.25) is 4.79 Å². The maximum atomic E-state index is 12.4. The van der Waals surface area contributed by atoms with Gasteiger partial charge in [0.15, 0.2) is 0 Å². The summed E-state index contributed by atoms with van der Waals surface area (Å²) in [6, 6.07) is 4.72. The molecule has 1 aromatic carbocycles. The van der Waals surface area contributed by atoms with E-state index >= 15 is 0 Å². The first-order valence-corrected chi connectivity index (χ1v) is 7.13. The predicted molar refractivity (Wildman–Crippen MR) is 69.9 cm³/mol. The molecule has 1 aromatic rings. The Morgan fingerprint density at radius 3 is 2.89 bits per heavy atom. The standard InChI is InChI=1S/C13H13NO4S/c15-12(14-7-19-6-11(14)13(16)17)8-1-2-9-4-18-5-10(9)3-8/h1-3,11H,4-7H2,(H,16,17)/t11-/m0/s1. The molecule has 5 nitrogen and oxygen atoms in total. The number of hydrogen-bond acceptors (Lipinski definition) is 4. The van der Waals surface area contributed by atoms with Gasteiger partial charge in [-0.2, -0.15) is 0 Å². The SMILES string of the molecule is O=C(O)[C@@H]1CSCN1C(=O)c1ccc2c(c1)COC2. The van der Waals surface area contributed by atoms with Crippen molar-refractivity contribution in [2.75, 3.05) is 11.6 Å². The fourth-order valence-electron chi connectivity index (χ4n) is 2.32. The number of thioether (sulfide) groups is 1. The van der Waals surface area contributed by atoms with Gasteiger partial charge in [0.2, 0.25) is 0 Å². The maximum Gasteiger partial charge on any atom is 0.327 e. The highest BCUT2D eigenvalue weighted by atomic mass is 32.2. The van der Waals surface area contributed by atoms with Crippen molar-refractivity contribution < 1.29 is 19.4 Å². The van der Waals surface area contributed by atoms with E-state index in [-0.39, 0.29) is 5.91 Å². The van der Waals surface area contributed by atoms with Gasteiger partial charge in [-0.25, -0.2) is 4.79 Å². The van der Waals surface area contributed by atoms with Gasteiger partial charge in [-0.05, 0) is 23.3 Å². The molecule has 3 rings (SSSR count). The number of amides is 1. The minimum Gasteiger partial charge on any atom is -0.480 e. The molecule has 19 heavy (non-hydrogen) atoms. The molecular weight excluding hydrogens is 266 g/mol. The molecule has 0 saturated carbocycles. The second kappa shape index (κ2) is 4.86. The van der Waals surface area contributed by atoms with Crippen LogP contribution < -0.4 is 0 Å². The summed E-state index contributed by atoms with van der Waals surface area (Å²) in [4.78, 5) is 24.9. The lowest BCUT2D eigenvalue weighted by molar-refractivity contribution is -0.140. The van der Waals surface area contributed by atoms with Crippen molar-refractivity contribution in [1.82, 2.24) is 4.90 Å². The highest BCUT2D eigenvalue weighted by Gasteiger charge is 2.35. The maximum absolute atomic E-state index is 12.4. The Hall–Kier alpha value is -1.53. The minimum atomic E-state index is -0.942. The fourth-order valence-corrected chi connectivity index (χ4v) is 3.46. The van der Waals surface area contributed by atoms with E-state index in [1.54, 1.807) is 6.07 Å². The summed E-state index contributed by atoms with van der Waals surface area (Å²) in [6.45, 7) is 1.11. The van der Waals surface area contributed by atoms with E-state index < -0.39 is 12.0 Å². The first-order valence-electron chi connectivity index (χ1n) is 5.98. The Labute approximate surface area is 114 Å². The fraction of sp³-hybridized carbons (Fsp3) is 0.385. The van der Waals surface area contributed by atoms with Crippen LogP contribution in [0.25, 0.3) is 0 Å². The van der Waals surface area contributed by atoms with E-state index in [4.69, 9.17) is 9.84 Å². The lowest BCUT2D eigenvalue weighted by Crippen LogP contribution is -2.41. The zero-order valence-corrected chi connectivity index (χ0v) is 11.0. The predicted octanol–water partition coefficient (Wildman–Crippen LogP) is 1.32. The molecule has 2 aliphatic rings. The van der Waals surface area contributed by atoms with Crippen LogP contribution >= 0.6 is 11.8 Å². The number of ether oxygens (including phenoxy) is 1. The van der Waals surface area contributed by atoms with Crippen LogP contribution in [0.1, 0.15) is 21.5 Å². The number of fused-ring (bicyclic) bond motifs is 1. The molecule has 1 amide bonds. The van der Waals surface area contributed by atoms with Gasteiger partial charge in [0.05, 0.1) is 19.1 Å². The molecule has 0 aliphatic carbocycles. The second-order valence-electron chi connectivity index (χ2n) is 4.61. The molecule has 0 aromatic heterocycles. The Morgan fingerprint density at radius 2 is 2.11 bits per heavy atom. The Kier molecular flexibility index (Phi) is 3.20. The number of benzene rings is 1. The molecular formula is C13H13NO4S. The van der Waals surface area contributed by atoms with Crippen LogP contribution in [-0.4, -0.2) is 39.6 Å². The average Bonchev–Trinajstić information content (AvgIpc) is 3.05. The van der Waals surface area contributed by atoms with Gasteiger partial charge in [0, 0.05) is 11.3 Å². The number of carbonyl (C=O) groups excluding carboxylic acids is 1. The number of carbonyl (C=O) groups is 2. The van der Waals surface area contributed by atoms with Gasteiger partial charge in [0.1, 0.15) is 6.04 Å². The van der Waals surface area contributed by atoms with Crippen molar-refractivity contribution >= 4 is 23.6 Å². The number of aliphatic carboxylic acids is 1. The Balaban J connectivity index is 1.85. The molecule has 0 spiro atoms. The summed E-state index contributed by atoms with van der Waals surface area (Å²) in [5, 5.41) is 9.11. The van der Waals surface area contributed by atoms with Crippen LogP contribution in [0.2, 0.25) is 0 Å². The zero-order valence-electron chi connectivity index (χ0n) is 10.2. The molecule has 1 saturated heterocycles. The van der Waals surface area contributed by atoms with Crippen LogP contribution in [0.5, 0.6) is 0 Å². The van der Waals surface area contributed by atoms with E-state index in [9.17, 15) is 9.59 Å². The van der Waals surface area contributed by atoms with E-state index in [1.807, 2.05) is 12.1 Å². The first kappa shape index (κ1) is 12.5. The van der Waals surface area contributed by atoms with E-state index in [1.165, 1.54) is 16.7 Å². The lowest BCUT2D eigenvalue weighted by atomic mass is 10.1. The summed E-state index contributed by atoms with van der Waals surface area (Å²) >= 11 is 1.47. The topological polar surface area (TPSA) is 66.8 Å². The summed E-state index contributed by atoms with van der Waals surface area (Å²) < 4.78 is 5.31. The zero-order chi connectivity index (χ0) is 13.4. The van der Waals surface area contributed by atoms with Crippen molar-refractivity contribution in [1.29, 1.82) is 0 Å². The van der Waals surface area contributed by atoms with Crippen molar-refractivity contribution in [3.63, 3.8) is 0 Å². The molecule has 100 valence electrons. The quantitative estimate of drug-likeness (QED) is 0.884. The third-order valence-corrected chi connectivity index (χ3v) is 4.41. The Bertz CT molecular complexity index is 545. The number of hydrogen-bond donors (Lipinski definition) is 1. The summed E-state index contributed by atoms with van der Waals surface area (Å²) in [6.07, 6.45) is 0. The number of nitrogens with zero attached hydrogens (tertiary/aromatic N) is 1. The van der Waals surface area contributed by atoms with Gasteiger partial charge in [-0.1, -0.05) is 6.07 Å². The van der Waals surface area contributed by atoms with Gasteiger partial charge < -0.3 is 14.7 Å². The molecule has 1 fully saturated rings. The van der Waals surface area contributed by atoms with Gasteiger partial charge in [0.25, 0.3) is 5.91 Å². The second-order valence-corrected chi connectivity index (χ2v) is 5.60. The van der Waals surface area contributed by atoms with Crippen molar-refractivity contribution in [3.05, 3.63) is 34.9 Å². The monoisotopic (exact) mass is 279 g/mol. The number of carboxylic acid groups (broad SMARTS) is 1. The Morgan fingerprint density at radius 1 is 1.32 bits per heavy atom. The summed E-state index contributed by atoms with van der Waals surface area (Å²) in [5.74, 6) is -0.270. The van der Waals surface area contributed by atoms with Crippen LogP contribution in [0.3, 0.4) is 0 Å². The summed E-state index contributed by atoms with van der Waals surface area (Å²) in [7, 11) is 0. The van der Waals surface area contributed by atoms with Crippen LogP contribution in [0.4, 0.5) is 0 Å². The minimum absolute atomic E-state index is 0.216. The largest absolute Gasteiger partial charge is 0.480 e. The number of rotatable bonds is 2. The van der Waals surface area contributed by atoms with E-state index in [2.05, 4.69) is 0 Å². The van der Waals surface area contributed by atoms with Crippen LogP contribution in [0.15, 0.2) is 18.2 Å². The number of carboxylic acids is 1. The van der Waals surface area contributed by atoms with Crippen molar-refractivity contribution in [2.24, 2.45) is 0 Å². The molecule has 1 N–H and O–H groups in total. The molecule has 1 atom stereocenters.